The topological polar surface area (TPSA) is 49.9 Å². The second-order valence-corrected chi connectivity index (χ2v) is 3.74. The lowest BCUT2D eigenvalue weighted by atomic mass is 9.88. The van der Waals surface area contributed by atoms with Crippen LogP contribution in [0.5, 0.6) is 0 Å². The van der Waals surface area contributed by atoms with E-state index in [0.717, 1.165) is 11.8 Å². The molecule has 2 nitrogen and oxygen atoms in total. The number of nitrogens with one attached hydrogen (secondary N) is 1. The smallest absolute Gasteiger partial charge is 0.0939 e. The average molecular weight is 138 g/mol. The highest BCUT2D eigenvalue weighted by atomic mass is 14.7. The maximum Gasteiger partial charge on any atom is 0.0939 e. The molecule has 2 saturated carbocycles. The van der Waals surface area contributed by atoms with Crippen molar-refractivity contribution in [1.29, 1.82) is 5.41 Å². The highest BCUT2D eigenvalue weighted by Gasteiger charge is 2.40. The molecule has 2 aliphatic rings. The van der Waals surface area contributed by atoms with Crippen molar-refractivity contribution in [3.63, 3.8) is 0 Å². The van der Waals surface area contributed by atoms with Gasteiger partial charge in [-0.25, -0.2) is 0 Å². The van der Waals surface area contributed by atoms with Crippen LogP contribution in [0, 0.1) is 23.2 Å². The Bertz CT molecular complexity index is 165. The summed E-state index contributed by atoms with van der Waals surface area (Å²) in [4.78, 5) is 0. The summed E-state index contributed by atoms with van der Waals surface area (Å²) < 4.78 is 0. The number of hydrogen-bond acceptors (Lipinski definition) is 1. The fraction of sp³-hybridized carbons (Fsp3) is 0.875. The Morgan fingerprint density at radius 1 is 1.30 bits per heavy atom. The van der Waals surface area contributed by atoms with Crippen molar-refractivity contribution in [2.75, 3.05) is 0 Å². The quantitative estimate of drug-likeness (QED) is 0.417. The Labute approximate surface area is 61.3 Å². The third kappa shape index (κ3) is 0.746. The Hall–Kier alpha value is -0.530. The molecule has 0 radical (unpaired) electrons. The molecule has 0 unspecified atom stereocenters. The number of rotatable bonds is 1. The first-order valence-corrected chi connectivity index (χ1v) is 4.11. The minimum atomic E-state index is 0.437. The zero-order valence-corrected chi connectivity index (χ0v) is 6.14. The van der Waals surface area contributed by atoms with Gasteiger partial charge in [0.05, 0.1) is 5.84 Å². The number of fused-ring (bicyclic) bond motifs is 2. The Morgan fingerprint density at radius 3 is 2.40 bits per heavy atom. The highest BCUT2D eigenvalue weighted by Crippen LogP contribution is 2.47. The SMILES string of the molecule is N=C(N)[C@H]1C[C@H]2CC[C@H]1C2. The second-order valence-electron chi connectivity index (χ2n) is 3.74. The summed E-state index contributed by atoms with van der Waals surface area (Å²) in [5.41, 5.74) is 5.47. The van der Waals surface area contributed by atoms with Crippen LogP contribution >= 0.6 is 0 Å². The molecular weight excluding hydrogens is 124 g/mol. The lowest BCUT2D eigenvalue weighted by Crippen LogP contribution is -2.26. The summed E-state index contributed by atoms with van der Waals surface area (Å²) >= 11 is 0. The van der Waals surface area contributed by atoms with Crippen LogP contribution in [0.25, 0.3) is 0 Å². The van der Waals surface area contributed by atoms with E-state index < -0.39 is 0 Å². The summed E-state index contributed by atoms with van der Waals surface area (Å²) in [6, 6.07) is 0. The van der Waals surface area contributed by atoms with E-state index in [2.05, 4.69) is 0 Å². The van der Waals surface area contributed by atoms with Crippen LogP contribution in [-0.4, -0.2) is 5.84 Å². The zero-order chi connectivity index (χ0) is 7.14. The van der Waals surface area contributed by atoms with Gasteiger partial charge in [0.25, 0.3) is 0 Å². The van der Waals surface area contributed by atoms with E-state index in [1.807, 2.05) is 0 Å². The summed E-state index contributed by atoms with van der Waals surface area (Å²) in [5.74, 6) is 2.59. The van der Waals surface area contributed by atoms with Gasteiger partial charge in [0.15, 0.2) is 0 Å². The van der Waals surface area contributed by atoms with Gasteiger partial charge in [-0.2, -0.15) is 0 Å². The van der Waals surface area contributed by atoms with Crippen LogP contribution < -0.4 is 5.73 Å². The van der Waals surface area contributed by atoms with Crippen molar-refractivity contribution in [2.45, 2.75) is 25.7 Å². The Balaban J connectivity index is 2.08. The molecular formula is C8H14N2. The number of amidine groups is 1. The predicted octanol–water partition coefficient (Wildman–Crippen LogP) is 1.36. The molecule has 0 aromatic rings. The van der Waals surface area contributed by atoms with Crippen LogP contribution in [0.1, 0.15) is 25.7 Å². The first-order valence-electron chi connectivity index (χ1n) is 4.11. The van der Waals surface area contributed by atoms with Gasteiger partial charge in [-0.05, 0) is 31.1 Å². The minimum Gasteiger partial charge on any atom is -0.387 e. The molecule has 0 heterocycles. The monoisotopic (exact) mass is 138 g/mol. The molecule has 0 spiro atoms. The molecule has 0 aromatic carbocycles. The largest absolute Gasteiger partial charge is 0.387 e. The molecule has 0 aromatic heterocycles. The molecule has 2 rings (SSSR count). The fourth-order valence-corrected chi connectivity index (χ4v) is 2.63. The molecule has 0 amide bonds. The van der Waals surface area contributed by atoms with Crippen molar-refractivity contribution in [2.24, 2.45) is 23.5 Å². The minimum absolute atomic E-state index is 0.437. The molecule has 0 aliphatic heterocycles. The van der Waals surface area contributed by atoms with Crippen molar-refractivity contribution in [3.8, 4) is 0 Å². The van der Waals surface area contributed by atoms with Crippen molar-refractivity contribution in [1.82, 2.24) is 0 Å². The lowest BCUT2D eigenvalue weighted by Gasteiger charge is -2.19. The average Bonchev–Trinajstić information content (AvgIpc) is 2.44. The zero-order valence-electron chi connectivity index (χ0n) is 6.14. The first-order chi connectivity index (χ1) is 4.77. The van der Waals surface area contributed by atoms with E-state index in [0.29, 0.717) is 11.8 Å². The summed E-state index contributed by atoms with van der Waals surface area (Å²) in [7, 11) is 0. The molecule has 0 saturated heterocycles. The van der Waals surface area contributed by atoms with Gasteiger partial charge in [0.2, 0.25) is 0 Å². The van der Waals surface area contributed by atoms with E-state index in [9.17, 15) is 0 Å². The van der Waals surface area contributed by atoms with Gasteiger partial charge in [0, 0.05) is 5.92 Å². The van der Waals surface area contributed by atoms with E-state index in [4.69, 9.17) is 11.1 Å². The summed E-state index contributed by atoms with van der Waals surface area (Å²) in [6.45, 7) is 0. The van der Waals surface area contributed by atoms with Gasteiger partial charge in [-0.1, -0.05) is 6.42 Å². The Kier molecular flexibility index (Phi) is 1.22. The number of nitrogens with two attached hydrogens (primary N) is 1. The van der Waals surface area contributed by atoms with Gasteiger partial charge in [-0.3, -0.25) is 5.41 Å². The maximum atomic E-state index is 7.32. The van der Waals surface area contributed by atoms with Gasteiger partial charge in [-0.15, -0.1) is 0 Å². The summed E-state index contributed by atoms with van der Waals surface area (Å²) in [5, 5.41) is 7.32. The molecule has 2 heteroatoms. The van der Waals surface area contributed by atoms with Crippen LogP contribution in [-0.2, 0) is 0 Å². The third-order valence-corrected chi connectivity index (χ3v) is 3.14. The van der Waals surface area contributed by atoms with E-state index >= 15 is 0 Å². The van der Waals surface area contributed by atoms with E-state index in [1.54, 1.807) is 0 Å². The molecule has 3 atom stereocenters. The normalized spacial score (nSPS) is 44.2. The van der Waals surface area contributed by atoms with Crippen LogP contribution in [0.4, 0.5) is 0 Å². The maximum absolute atomic E-state index is 7.32. The van der Waals surface area contributed by atoms with Crippen LogP contribution in [0.2, 0.25) is 0 Å². The second kappa shape index (κ2) is 1.97. The Morgan fingerprint density at radius 2 is 2.10 bits per heavy atom. The predicted molar refractivity (Wildman–Crippen MR) is 40.9 cm³/mol. The number of hydrogen-bond donors (Lipinski definition) is 2. The highest BCUT2D eigenvalue weighted by molar-refractivity contribution is 5.80. The van der Waals surface area contributed by atoms with Gasteiger partial charge < -0.3 is 5.73 Å². The molecule has 10 heavy (non-hydrogen) atoms. The van der Waals surface area contributed by atoms with E-state index in [1.165, 1.54) is 25.7 Å². The fourth-order valence-electron chi connectivity index (χ4n) is 2.63. The van der Waals surface area contributed by atoms with Crippen molar-refractivity contribution < 1.29 is 0 Å². The third-order valence-electron chi connectivity index (χ3n) is 3.14. The van der Waals surface area contributed by atoms with Crippen LogP contribution in [0.3, 0.4) is 0 Å². The lowest BCUT2D eigenvalue weighted by molar-refractivity contribution is 0.412. The summed E-state index contributed by atoms with van der Waals surface area (Å²) in [6.07, 6.45) is 5.29. The molecule has 3 N–H and O–H groups in total. The van der Waals surface area contributed by atoms with Gasteiger partial charge >= 0.3 is 0 Å². The molecule has 2 aliphatic carbocycles. The first kappa shape index (κ1) is 6.20. The molecule has 2 fully saturated rings. The molecule has 56 valence electrons. The van der Waals surface area contributed by atoms with Crippen molar-refractivity contribution in [3.05, 3.63) is 0 Å². The van der Waals surface area contributed by atoms with Crippen LogP contribution in [0.15, 0.2) is 0 Å². The van der Waals surface area contributed by atoms with Gasteiger partial charge in [0.1, 0.15) is 0 Å². The van der Waals surface area contributed by atoms with E-state index in [-0.39, 0.29) is 0 Å². The van der Waals surface area contributed by atoms with Crippen molar-refractivity contribution >= 4 is 5.84 Å². The standard InChI is InChI=1S/C8H14N2/c9-8(10)7-4-5-1-2-6(7)3-5/h5-7H,1-4H2,(H3,9,10)/t5-,6-,7-/m0/s1. The molecule has 2 bridgehead atoms.